The Morgan fingerprint density at radius 1 is 0.909 bits per heavy atom. The third-order valence-electron chi connectivity index (χ3n) is 3.74. The highest BCUT2D eigenvalue weighted by Crippen LogP contribution is 2.24. The minimum atomic E-state index is 0.107. The van der Waals surface area contributed by atoms with Gasteiger partial charge in [0.25, 0.3) is 0 Å². The Balaban J connectivity index is 1.88. The van der Waals surface area contributed by atoms with Gasteiger partial charge >= 0.3 is 0 Å². The van der Waals surface area contributed by atoms with E-state index in [4.69, 9.17) is 0 Å². The lowest BCUT2D eigenvalue weighted by atomic mass is 10.1. The van der Waals surface area contributed by atoms with E-state index in [9.17, 15) is 4.79 Å². The second-order valence-corrected chi connectivity index (χ2v) is 6.76. The van der Waals surface area contributed by atoms with Gasteiger partial charge < -0.3 is 0 Å². The van der Waals surface area contributed by atoms with Gasteiger partial charge in [-0.1, -0.05) is 68.1 Å². The van der Waals surface area contributed by atoms with Gasteiger partial charge in [-0.3, -0.25) is 4.79 Å². The molecule has 0 spiro atoms. The SMILES string of the molecule is CCCCCCc1ccc(SC(=O)c2ccc(C)cc2)cc1. The molecule has 0 atom stereocenters. The lowest BCUT2D eigenvalue weighted by molar-refractivity contribution is 0.108. The molecule has 2 heteroatoms. The van der Waals surface area contributed by atoms with Crippen LogP contribution in [0.25, 0.3) is 0 Å². The number of rotatable bonds is 7. The lowest BCUT2D eigenvalue weighted by Crippen LogP contribution is -1.93. The number of hydrogen-bond acceptors (Lipinski definition) is 2. The summed E-state index contributed by atoms with van der Waals surface area (Å²) in [4.78, 5) is 13.2. The fourth-order valence-corrected chi connectivity index (χ4v) is 3.08. The molecule has 0 N–H and O–H groups in total. The van der Waals surface area contributed by atoms with Gasteiger partial charge in [0.05, 0.1) is 0 Å². The third-order valence-corrected chi connectivity index (χ3v) is 4.67. The molecule has 0 saturated heterocycles. The van der Waals surface area contributed by atoms with Gasteiger partial charge in [-0.25, -0.2) is 0 Å². The van der Waals surface area contributed by atoms with E-state index < -0.39 is 0 Å². The fourth-order valence-electron chi connectivity index (χ4n) is 2.34. The van der Waals surface area contributed by atoms with E-state index in [2.05, 4.69) is 31.2 Å². The van der Waals surface area contributed by atoms with Crippen molar-refractivity contribution in [2.45, 2.75) is 50.8 Å². The van der Waals surface area contributed by atoms with Crippen molar-refractivity contribution in [1.82, 2.24) is 0 Å². The molecule has 1 nitrogen and oxygen atoms in total. The van der Waals surface area contributed by atoms with Crippen LogP contribution in [0.3, 0.4) is 0 Å². The average molecular weight is 312 g/mol. The van der Waals surface area contributed by atoms with Gasteiger partial charge in [-0.2, -0.15) is 0 Å². The zero-order chi connectivity index (χ0) is 15.8. The highest BCUT2D eigenvalue weighted by atomic mass is 32.2. The maximum Gasteiger partial charge on any atom is 0.224 e. The minimum Gasteiger partial charge on any atom is -0.281 e. The van der Waals surface area contributed by atoms with E-state index in [1.54, 1.807) is 0 Å². The maximum absolute atomic E-state index is 12.2. The quantitative estimate of drug-likeness (QED) is 0.457. The first-order chi connectivity index (χ1) is 10.7. The number of aryl methyl sites for hydroxylation is 2. The first-order valence-corrected chi connectivity index (χ1v) is 8.88. The molecular weight excluding hydrogens is 288 g/mol. The third kappa shape index (κ3) is 5.34. The molecule has 2 aromatic carbocycles. The predicted octanol–water partition coefficient (Wildman–Crippen LogP) is 6.05. The van der Waals surface area contributed by atoms with Crippen LogP contribution < -0.4 is 0 Å². The molecule has 0 heterocycles. The fraction of sp³-hybridized carbons (Fsp3) is 0.350. The molecule has 0 bridgehead atoms. The van der Waals surface area contributed by atoms with Crippen molar-refractivity contribution in [2.75, 3.05) is 0 Å². The highest BCUT2D eigenvalue weighted by Gasteiger charge is 2.07. The van der Waals surface area contributed by atoms with Crippen LogP contribution in [-0.4, -0.2) is 5.12 Å². The van der Waals surface area contributed by atoms with Gasteiger partial charge in [-0.05, 0) is 49.2 Å². The predicted molar refractivity (Wildman–Crippen MR) is 95.7 cm³/mol. The topological polar surface area (TPSA) is 17.1 Å². The molecule has 0 radical (unpaired) electrons. The Morgan fingerprint density at radius 2 is 1.59 bits per heavy atom. The van der Waals surface area contributed by atoms with Gasteiger partial charge in [0, 0.05) is 10.5 Å². The number of hydrogen-bond donors (Lipinski definition) is 0. The molecular formula is C20H24OS. The van der Waals surface area contributed by atoms with E-state index in [0.29, 0.717) is 0 Å². The Kier molecular flexibility index (Phi) is 6.73. The summed E-state index contributed by atoms with van der Waals surface area (Å²) in [5.41, 5.74) is 3.30. The van der Waals surface area contributed by atoms with Crippen LogP contribution in [-0.2, 0) is 6.42 Å². The summed E-state index contributed by atoms with van der Waals surface area (Å²) in [7, 11) is 0. The number of benzene rings is 2. The molecule has 116 valence electrons. The summed E-state index contributed by atoms with van der Waals surface area (Å²) in [6.07, 6.45) is 6.29. The molecule has 0 fully saturated rings. The Hall–Kier alpha value is -1.54. The molecule has 22 heavy (non-hydrogen) atoms. The van der Waals surface area contributed by atoms with Crippen molar-refractivity contribution < 1.29 is 4.79 Å². The molecule has 0 aliphatic heterocycles. The second-order valence-electron chi connectivity index (χ2n) is 5.71. The van der Waals surface area contributed by atoms with Crippen LogP contribution in [0, 0.1) is 6.92 Å². The zero-order valence-corrected chi connectivity index (χ0v) is 14.3. The summed E-state index contributed by atoms with van der Waals surface area (Å²) in [5.74, 6) is 0. The lowest BCUT2D eigenvalue weighted by Gasteiger charge is -2.04. The largest absolute Gasteiger partial charge is 0.281 e. The van der Waals surface area contributed by atoms with Gasteiger partial charge in [0.1, 0.15) is 0 Å². The minimum absolute atomic E-state index is 0.107. The van der Waals surface area contributed by atoms with Crippen molar-refractivity contribution in [3.8, 4) is 0 Å². The average Bonchev–Trinajstić information content (AvgIpc) is 2.54. The van der Waals surface area contributed by atoms with Crippen molar-refractivity contribution >= 4 is 16.9 Å². The van der Waals surface area contributed by atoms with Crippen molar-refractivity contribution in [3.63, 3.8) is 0 Å². The summed E-state index contributed by atoms with van der Waals surface area (Å²) in [6, 6.07) is 16.2. The maximum atomic E-state index is 12.2. The van der Waals surface area contributed by atoms with Crippen LogP contribution in [0.15, 0.2) is 53.4 Å². The van der Waals surface area contributed by atoms with E-state index in [1.165, 1.54) is 48.6 Å². The molecule has 2 rings (SSSR count). The summed E-state index contributed by atoms with van der Waals surface area (Å²) >= 11 is 1.30. The first kappa shape index (κ1) is 16.8. The van der Waals surface area contributed by atoms with Crippen LogP contribution in [0.4, 0.5) is 0 Å². The van der Waals surface area contributed by atoms with E-state index in [-0.39, 0.29) is 5.12 Å². The summed E-state index contributed by atoms with van der Waals surface area (Å²) in [5, 5.41) is 0.107. The molecule has 2 aromatic rings. The van der Waals surface area contributed by atoms with Crippen LogP contribution >= 0.6 is 11.8 Å². The number of thioether (sulfide) groups is 1. The number of carbonyl (C=O) groups is 1. The van der Waals surface area contributed by atoms with E-state index >= 15 is 0 Å². The van der Waals surface area contributed by atoms with Crippen molar-refractivity contribution in [3.05, 3.63) is 65.2 Å². The van der Waals surface area contributed by atoms with Crippen molar-refractivity contribution in [2.24, 2.45) is 0 Å². The van der Waals surface area contributed by atoms with E-state index in [0.717, 1.165) is 16.9 Å². The standard InChI is InChI=1S/C20H24OS/c1-3-4-5-6-7-17-10-14-19(15-11-17)22-20(21)18-12-8-16(2)9-13-18/h8-15H,3-7H2,1-2H3. The van der Waals surface area contributed by atoms with Crippen LogP contribution in [0.2, 0.25) is 0 Å². The van der Waals surface area contributed by atoms with E-state index in [1.807, 2.05) is 31.2 Å². The van der Waals surface area contributed by atoms with Crippen molar-refractivity contribution in [1.29, 1.82) is 0 Å². The van der Waals surface area contributed by atoms with Gasteiger partial charge in [-0.15, -0.1) is 0 Å². The van der Waals surface area contributed by atoms with Crippen LogP contribution in [0.1, 0.15) is 54.1 Å². The monoisotopic (exact) mass is 312 g/mol. The molecule has 0 saturated carbocycles. The molecule has 0 aliphatic rings. The first-order valence-electron chi connectivity index (χ1n) is 8.07. The van der Waals surface area contributed by atoms with Gasteiger partial charge in [0.2, 0.25) is 5.12 Å². The summed E-state index contributed by atoms with van der Waals surface area (Å²) in [6.45, 7) is 4.26. The summed E-state index contributed by atoms with van der Waals surface area (Å²) < 4.78 is 0. The Labute approximate surface area is 138 Å². The zero-order valence-electron chi connectivity index (χ0n) is 13.5. The van der Waals surface area contributed by atoms with Gasteiger partial charge in [0.15, 0.2) is 0 Å². The molecule has 0 amide bonds. The van der Waals surface area contributed by atoms with Crippen LogP contribution in [0.5, 0.6) is 0 Å². The molecule has 0 aliphatic carbocycles. The second kappa shape index (κ2) is 8.79. The Bertz CT molecular complexity index is 584. The molecule has 0 aromatic heterocycles. The smallest absolute Gasteiger partial charge is 0.224 e. The molecule has 0 unspecified atom stereocenters. The highest BCUT2D eigenvalue weighted by molar-refractivity contribution is 8.14. The normalized spacial score (nSPS) is 10.6. The Morgan fingerprint density at radius 3 is 2.23 bits per heavy atom. The number of unbranched alkanes of at least 4 members (excludes halogenated alkanes) is 3. The number of carbonyl (C=O) groups excluding carboxylic acids is 1.